The third kappa shape index (κ3) is 3.29. The molecule has 2 atom stereocenters. The number of nitrogens with zero attached hydrogens (tertiary/aromatic N) is 1. The summed E-state index contributed by atoms with van der Waals surface area (Å²) in [6, 6.07) is 7.79. The Bertz CT molecular complexity index is 980. The maximum absolute atomic E-state index is 13.8. The molecule has 2 heterocycles. The molecule has 0 saturated heterocycles. The van der Waals surface area contributed by atoms with Crippen molar-refractivity contribution in [3.8, 4) is 0 Å². The van der Waals surface area contributed by atoms with Crippen molar-refractivity contribution in [3.63, 3.8) is 0 Å². The number of carbonyl (C=O) groups is 1. The summed E-state index contributed by atoms with van der Waals surface area (Å²) < 4.78 is 47.2. The van der Waals surface area contributed by atoms with Gasteiger partial charge in [-0.2, -0.15) is 13.2 Å². The minimum absolute atomic E-state index is 0.348. The number of benzene rings is 1. The van der Waals surface area contributed by atoms with E-state index >= 15 is 0 Å². The van der Waals surface area contributed by atoms with Crippen LogP contribution in [-0.2, 0) is 16.8 Å². The van der Waals surface area contributed by atoms with Gasteiger partial charge in [0.2, 0.25) is 11.5 Å². The lowest BCUT2D eigenvalue weighted by Crippen LogP contribution is -2.46. The van der Waals surface area contributed by atoms with Crippen LogP contribution in [0.5, 0.6) is 0 Å². The Morgan fingerprint density at radius 3 is 2.86 bits per heavy atom. The molecule has 0 aliphatic heterocycles. The zero-order valence-corrected chi connectivity index (χ0v) is 15.4. The number of alkyl halides is 3. The summed E-state index contributed by atoms with van der Waals surface area (Å²) in [5.74, 6) is -0.160. The van der Waals surface area contributed by atoms with Gasteiger partial charge in [0.25, 0.3) is 0 Å². The molecule has 9 heteroatoms. The number of thiazole rings is 1. The molecule has 2 N–H and O–H groups in total. The van der Waals surface area contributed by atoms with Crippen molar-refractivity contribution in [3.05, 3.63) is 52.9 Å². The van der Waals surface area contributed by atoms with Crippen LogP contribution >= 0.6 is 11.3 Å². The van der Waals surface area contributed by atoms with Crippen LogP contribution in [0, 0.1) is 0 Å². The maximum Gasteiger partial charge on any atom is 0.424 e. The number of aryl methyl sites for hydroxylation is 1. The lowest BCUT2D eigenvalue weighted by atomic mass is 9.92. The first-order chi connectivity index (χ1) is 13.3. The quantitative estimate of drug-likeness (QED) is 0.675. The molecule has 2 unspecified atom stereocenters. The van der Waals surface area contributed by atoms with Gasteiger partial charge in [0.05, 0.1) is 28.9 Å². The Balaban J connectivity index is 1.60. The van der Waals surface area contributed by atoms with Gasteiger partial charge in [-0.15, -0.1) is 11.3 Å². The number of aliphatic hydroxyl groups is 1. The van der Waals surface area contributed by atoms with E-state index in [0.29, 0.717) is 16.6 Å². The van der Waals surface area contributed by atoms with E-state index in [-0.39, 0.29) is 0 Å². The van der Waals surface area contributed by atoms with Crippen LogP contribution in [0.4, 0.5) is 13.2 Å². The summed E-state index contributed by atoms with van der Waals surface area (Å²) in [4.78, 5) is 16.4. The van der Waals surface area contributed by atoms with Gasteiger partial charge in [-0.05, 0) is 31.0 Å². The van der Waals surface area contributed by atoms with Crippen LogP contribution in [0.3, 0.4) is 0 Å². The van der Waals surface area contributed by atoms with Crippen LogP contribution in [0.2, 0.25) is 0 Å². The number of fused-ring (bicyclic) bond motifs is 2. The van der Waals surface area contributed by atoms with E-state index in [4.69, 9.17) is 4.42 Å². The molecule has 1 aliphatic carbocycles. The minimum Gasteiger partial charge on any atom is -0.469 e. The monoisotopic (exact) mass is 410 g/mol. The van der Waals surface area contributed by atoms with Crippen molar-refractivity contribution >= 4 is 27.5 Å². The Kier molecular flexibility index (Phi) is 4.67. The number of amides is 1. The number of hydrogen-bond acceptors (Lipinski definition) is 5. The summed E-state index contributed by atoms with van der Waals surface area (Å²) in [6.45, 7) is 0. The summed E-state index contributed by atoms with van der Waals surface area (Å²) in [5.41, 5.74) is -2.23. The van der Waals surface area contributed by atoms with Crippen LogP contribution in [0.25, 0.3) is 10.2 Å². The molecule has 0 spiro atoms. The van der Waals surface area contributed by atoms with Crippen LogP contribution in [-0.4, -0.2) is 22.2 Å². The average Bonchev–Trinajstić information content (AvgIpc) is 3.28. The average molecular weight is 410 g/mol. The topological polar surface area (TPSA) is 75.4 Å². The van der Waals surface area contributed by atoms with Crippen molar-refractivity contribution in [2.24, 2.45) is 0 Å². The molecule has 148 valence electrons. The third-order valence-corrected chi connectivity index (χ3v) is 6.11. The first-order valence-electron chi connectivity index (χ1n) is 8.79. The Morgan fingerprint density at radius 1 is 1.32 bits per heavy atom. The first kappa shape index (κ1) is 18.9. The Hall–Kier alpha value is -2.39. The van der Waals surface area contributed by atoms with E-state index in [2.05, 4.69) is 10.3 Å². The molecular formula is C19H17F3N2O3S. The van der Waals surface area contributed by atoms with Gasteiger partial charge < -0.3 is 14.8 Å². The SMILES string of the molecule is O=C(CC(O)(c1nc2ccccc2s1)C(F)(F)F)NC1CCCc2occc21. The van der Waals surface area contributed by atoms with Crippen molar-refractivity contribution in [1.82, 2.24) is 10.3 Å². The fraction of sp³-hybridized carbons (Fsp3) is 0.368. The summed E-state index contributed by atoms with van der Waals surface area (Å²) in [6.07, 6.45) is -2.61. The zero-order valence-electron chi connectivity index (χ0n) is 14.6. The van der Waals surface area contributed by atoms with Crippen molar-refractivity contribution in [2.75, 3.05) is 0 Å². The van der Waals surface area contributed by atoms with Crippen LogP contribution in [0.1, 0.15) is 41.6 Å². The van der Waals surface area contributed by atoms with Gasteiger partial charge >= 0.3 is 6.18 Å². The second-order valence-corrected chi connectivity index (χ2v) is 7.86. The smallest absolute Gasteiger partial charge is 0.424 e. The van der Waals surface area contributed by atoms with Crippen LogP contribution in [0.15, 0.2) is 41.0 Å². The lowest BCUT2D eigenvalue weighted by molar-refractivity contribution is -0.267. The number of hydrogen-bond donors (Lipinski definition) is 2. The largest absolute Gasteiger partial charge is 0.469 e. The molecule has 3 aromatic rings. The highest BCUT2D eigenvalue weighted by Gasteiger charge is 2.58. The predicted molar refractivity (Wildman–Crippen MR) is 96.7 cm³/mol. The van der Waals surface area contributed by atoms with E-state index in [0.717, 1.165) is 35.5 Å². The predicted octanol–water partition coefficient (Wildman–Crippen LogP) is 4.22. The van der Waals surface area contributed by atoms with Gasteiger partial charge in [-0.25, -0.2) is 4.98 Å². The minimum atomic E-state index is -5.05. The van der Waals surface area contributed by atoms with Crippen molar-refractivity contribution < 1.29 is 27.5 Å². The Morgan fingerprint density at radius 2 is 2.11 bits per heavy atom. The molecule has 0 saturated carbocycles. The highest BCUT2D eigenvalue weighted by molar-refractivity contribution is 7.18. The Labute approximate surface area is 162 Å². The molecule has 1 aromatic carbocycles. The number of furan rings is 1. The maximum atomic E-state index is 13.8. The molecule has 4 rings (SSSR count). The highest BCUT2D eigenvalue weighted by atomic mass is 32.1. The number of nitrogens with one attached hydrogen (secondary N) is 1. The lowest BCUT2D eigenvalue weighted by Gasteiger charge is -2.29. The van der Waals surface area contributed by atoms with Crippen LogP contribution < -0.4 is 5.32 Å². The first-order valence-corrected chi connectivity index (χ1v) is 9.60. The second-order valence-electron chi connectivity index (χ2n) is 6.83. The fourth-order valence-corrected chi connectivity index (χ4v) is 4.53. The molecular weight excluding hydrogens is 393 g/mol. The van der Waals surface area contributed by atoms with Crippen molar-refractivity contribution in [1.29, 1.82) is 0 Å². The zero-order chi connectivity index (χ0) is 19.9. The molecule has 2 aromatic heterocycles. The molecule has 0 fully saturated rings. The van der Waals surface area contributed by atoms with E-state index in [1.54, 1.807) is 30.3 Å². The summed E-state index contributed by atoms with van der Waals surface area (Å²) in [7, 11) is 0. The van der Waals surface area contributed by atoms with Gasteiger partial charge in [0.1, 0.15) is 10.8 Å². The number of para-hydroxylation sites is 1. The molecule has 0 bridgehead atoms. The van der Waals surface area contributed by atoms with E-state index < -0.39 is 35.2 Å². The summed E-state index contributed by atoms with van der Waals surface area (Å²) >= 11 is 0.733. The number of rotatable bonds is 4. The van der Waals surface area contributed by atoms with Crippen molar-refractivity contribution in [2.45, 2.75) is 43.5 Å². The fourth-order valence-electron chi connectivity index (χ4n) is 3.46. The number of carbonyl (C=O) groups excluding carboxylic acids is 1. The van der Waals surface area contributed by atoms with E-state index in [1.807, 2.05) is 0 Å². The molecule has 1 amide bonds. The standard InChI is InChI=1S/C19H17F3N2O3S/c20-19(21,22)18(26,17-24-13-4-1-2-7-15(13)28-17)10-16(25)23-12-5-3-6-14-11(12)8-9-27-14/h1-2,4,7-9,12,26H,3,5-6,10H2,(H,23,25). The second kappa shape index (κ2) is 6.89. The third-order valence-electron chi connectivity index (χ3n) is 4.92. The number of aromatic nitrogens is 1. The van der Waals surface area contributed by atoms with E-state index in [9.17, 15) is 23.1 Å². The van der Waals surface area contributed by atoms with Gasteiger partial charge in [0, 0.05) is 12.0 Å². The summed E-state index contributed by atoms with van der Waals surface area (Å²) in [5, 5.41) is 12.6. The molecule has 5 nitrogen and oxygen atoms in total. The number of halogens is 3. The molecule has 28 heavy (non-hydrogen) atoms. The van der Waals surface area contributed by atoms with Gasteiger partial charge in [-0.1, -0.05) is 12.1 Å². The molecule has 0 radical (unpaired) electrons. The van der Waals surface area contributed by atoms with Gasteiger partial charge in [0.15, 0.2) is 0 Å². The normalized spacial score (nSPS) is 19.2. The highest BCUT2D eigenvalue weighted by Crippen LogP contribution is 2.44. The van der Waals surface area contributed by atoms with E-state index in [1.165, 1.54) is 6.26 Å². The van der Waals surface area contributed by atoms with Gasteiger partial charge in [-0.3, -0.25) is 4.79 Å². The molecule has 1 aliphatic rings.